The van der Waals surface area contributed by atoms with Crippen molar-refractivity contribution in [2.24, 2.45) is 5.92 Å². The summed E-state index contributed by atoms with van der Waals surface area (Å²) in [6.45, 7) is 10.1. The van der Waals surface area contributed by atoms with Crippen molar-refractivity contribution in [2.75, 3.05) is 13.6 Å². The number of hydrogen-bond acceptors (Lipinski definition) is 4. The largest absolute Gasteiger partial charge is 0.401 e. The molecule has 146 valence electrons. The van der Waals surface area contributed by atoms with Gasteiger partial charge in [0, 0.05) is 6.04 Å². The van der Waals surface area contributed by atoms with Gasteiger partial charge in [0.15, 0.2) is 5.09 Å². The van der Waals surface area contributed by atoms with Crippen LogP contribution in [0.3, 0.4) is 0 Å². The van der Waals surface area contributed by atoms with Crippen LogP contribution in [0.15, 0.2) is 45.9 Å². The fourth-order valence-electron chi connectivity index (χ4n) is 3.74. The highest BCUT2D eigenvalue weighted by atomic mass is 32.2. The zero-order valence-corrected chi connectivity index (χ0v) is 17.9. The molecule has 0 fully saturated rings. The maximum Gasteiger partial charge on any atom is 0.184 e. The Labute approximate surface area is 164 Å². The van der Waals surface area contributed by atoms with Crippen LogP contribution in [0.25, 0.3) is 0 Å². The van der Waals surface area contributed by atoms with Gasteiger partial charge in [-0.25, -0.2) is 0 Å². The highest BCUT2D eigenvalue weighted by molar-refractivity contribution is 8.05. The van der Waals surface area contributed by atoms with Crippen LogP contribution in [0, 0.1) is 5.92 Å². The SMILES string of the molecule is CCC[C@@H](C(NOC1=C(C)CC=CS1)C1=CC=CC[C@H]1C)N(C)CCC. The van der Waals surface area contributed by atoms with E-state index in [1.807, 2.05) is 0 Å². The van der Waals surface area contributed by atoms with Crippen molar-refractivity contribution >= 4 is 11.8 Å². The molecule has 0 bridgehead atoms. The summed E-state index contributed by atoms with van der Waals surface area (Å²) in [5.41, 5.74) is 6.24. The second-order valence-corrected chi connectivity index (χ2v) is 8.41. The number of nitrogens with one attached hydrogen (secondary N) is 1. The summed E-state index contributed by atoms with van der Waals surface area (Å²) >= 11 is 1.67. The lowest BCUT2D eigenvalue weighted by Gasteiger charge is -2.38. The molecule has 2 aliphatic rings. The molecule has 1 heterocycles. The Kier molecular flexibility index (Phi) is 9.03. The molecule has 0 radical (unpaired) electrons. The van der Waals surface area contributed by atoms with E-state index in [9.17, 15) is 0 Å². The lowest BCUT2D eigenvalue weighted by molar-refractivity contribution is 0.0555. The standard InChI is InChI=1S/C22H36N2OS/c1-6-11-20(24(5)15-7-2)21(19-14-9-8-12-17(19)3)23-25-22-18(4)13-10-16-26-22/h8-10,14,16-17,20-21,23H,6-7,11-13,15H2,1-5H3/t17-,20+,21?/m1/s1. The molecule has 1 aliphatic carbocycles. The summed E-state index contributed by atoms with van der Waals surface area (Å²) in [5, 5.41) is 3.13. The predicted molar refractivity (Wildman–Crippen MR) is 115 cm³/mol. The smallest absolute Gasteiger partial charge is 0.184 e. The molecule has 0 saturated heterocycles. The molecule has 0 aromatic rings. The first-order valence-corrected chi connectivity index (χ1v) is 11.0. The van der Waals surface area contributed by atoms with Crippen LogP contribution in [0.2, 0.25) is 0 Å². The van der Waals surface area contributed by atoms with Crippen molar-refractivity contribution in [3.8, 4) is 0 Å². The van der Waals surface area contributed by atoms with Crippen molar-refractivity contribution < 1.29 is 4.84 Å². The molecule has 2 rings (SSSR count). The molecule has 1 N–H and O–H groups in total. The quantitative estimate of drug-likeness (QED) is 0.488. The number of hydrogen-bond donors (Lipinski definition) is 1. The lowest BCUT2D eigenvalue weighted by Crippen LogP contribution is -2.51. The van der Waals surface area contributed by atoms with E-state index in [0.717, 1.165) is 30.9 Å². The third-order valence-electron chi connectivity index (χ3n) is 5.28. The summed E-state index contributed by atoms with van der Waals surface area (Å²) in [7, 11) is 2.25. The fraction of sp³-hybridized carbons (Fsp3) is 0.636. The van der Waals surface area contributed by atoms with Crippen molar-refractivity contribution in [1.29, 1.82) is 0 Å². The van der Waals surface area contributed by atoms with Gasteiger partial charge in [0.1, 0.15) is 0 Å². The van der Waals surface area contributed by atoms with Crippen LogP contribution in [0.5, 0.6) is 0 Å². The van der Waals surface area contributed by atoms with E-state index >= 15 is 0 Å². The van der Waals surface area contributed by atoms with Gasteiger partial charge in [-0.1, -0.05) is 63.3 Å². The van der Waals surface area contributed by atoms with E-state index < -0.39 is 0 Å². The topological polar surface area (TPSA) is 24.5 Å². The van der Waals surface area contributed by atoms with Crippen LogP contribution >= 0.6 is 11.8 Å². The normalized spacial score (nSPS) is 22.5. The van der Waals surface area contributed by atoms with E-state index in [2.05, 4.69) is 74.8 Å². The second kappa shape index (κ2) is 11.0. The first kappa shape index (κ1) is 21.3. The van der Waals surface area contributed by atoms with Gasteiger partial charge in [-0.05, 0) is 68.7 Å². The summed E-state index contributed by atoms with van der Waals surface area (Å²) in [6, 6.07) is 0.642. The maximum absolute atomic E-state index is 6.16. The maximum atomic E-state index is 6.16. The van der Waals surface area contributed by atoms with Crippen LogP contribution < -0.4 is 5.48 Å². The molecular weight excluding hydrogens is 340 g/mol. The Hall–Kier alpha value is -0.970. The van der Waals surface area contributed by atoms with Gasteiger partial charge < -0.3 is 9.74 Å². The van der Waals surface area contributed by atoms with Gasteiger partial charge in [0.05, 0.1) is 6.04 Å². The first-order chi connectivity index (χ1) is 12.6. The molecule has 4 heteroatoms. The Morgan fingerprint density at radius 3 is 2.77 bits per heavy atom. The number of rotatable bonds is 10. The summed E-state index contributed by atoms with van der Waals surface area (Å²) in [5.74, 6) is 0.546. The number of nitrogens with zero attached hydrogens (tertiary/aromatic N) is 1. The molecule has 0 spiro atoms. The molecule has 1 unspecified atom stereocenters. The van der Waals surface area contributed by atoms with Gasteiger partial charge in [0.25, 0.3) is 0 Å². The van der Waals surface area contributed by atoms with E-state index in [1.165, 1.54) is 24.0 Å². The van der Waals surface area contributed by atoms with Crippen LogP contribution in [0.4, 0.5) is 0 Å². The molecule has 26 heavy (non-hydrogen) atoms. The molecule has 0 saturated carbocycles. The van der Waals surface area contributed by atoms with E-state index in [0.29, 0.717) is 12.0 Å². The van der Waals surface area contributed by atoms with Crippen molar-refractivity contribution in [3.63, 3.8) is 0 Å². The molecule has 0 aromatic heterocycles. The minimum atomic E-state index is 0.207. The minimum Gasteiger partial charge on any atom is -0.401 e. The number of allylic oxidation sites excluding steroid dienone is 5. The summed E-state index contributed by atoms with van der Waals surface area (Å²) < 4.78 is 0. The Balaban J connectivity index is 2.22. The number of hydroxylamine groups is 1. The number of thioether (sulfide) groups is 1. The van der Waals surface area contributed by atoms with Gasteiger partial charge >= 0.3 is 0 Å². The summed E-state index contributed by atoms with van der Waals surface area (Å²) in [4.78, 5) is 8.67. The minimum absolute atomic E-state index is 0.207. The lowest BCUT2D eigenvalue weighted by atomic mass is 9.83. The Morgan fingerprint density at radius 2 is 2.12 bits per heavy atom. The third kappa shape index (κ3) is 5.77. The predicted octanol–water partition coefficient (Wildman–Crippen LogP) is 5.79. The van der Waals surface area contributed by atoms with E-state index in [4.69, 9.17) is 4.84 Å². The Morgan fingerprint density at radius 1 is 1.31 bits per heavy atom. The van der Waals surface area contributed by atoms with Gasteiger partial charge in [-0.2, -0.15) is 0 Å². The fourth-order valence-corrected chi connectivity index (χ4v) is 4.44. The zero-order valence-electron chi connectivity index (χ0n) is 17.1. The van der Waals surface area contributed by atoms with Gasteiger partial charge in [-0.3, -0.25) is 0 Å². The van der Waals surface area contributed by atoms with Crippen LogP contribution in [-0.4, -0.2) is 30.6 Å². The second-order valence-electron chi connectivity index (χ2n) is 7.53. The molecule has 3 atom stereocenters. The molecule has 3 nitrogen and oxygen atoms in total. The molecular formula is C22H36N2OS. The van der Waals surface area contributed by atoms with E-state index in [-0.39, 0.29) is 6.04 Å². The molecule has 1 aliphatic heterocycles. The highest BCUT2D eigenvalue weighted by Gasteiger charge is 2.31. The highest BCUT2D eigenvalue weighted by Crippen LogP contribution is 2.31. The van der Waals surface area contributed by atoms with Gasteiger partial charge in [0.2, 0.25) is 0 Å². The first-order valence-electron chi connectivity index (χ1n) is 10.1. The monoisotopic (exact) mass is 376 g/mol. The summed E-state index contributed by atoms with van der Waals surface area (Å²) in [6.07, 6.45) is 14.6. The average molecular weight is 377 g/mol. The van der Waals surface area contributed by atoms with Crippen molar-refractivity contribution in [1.82, 2.24) is 10.4 Å². The van der Waals surface area contributed by atoms with Crippen molar-refractivity contribution in [2.45, 2.75) is 71.9 Å². The number of likely N-dealkylation sites (N-methyl/N-ethyl adjacent to an activating group) is 1. The molecule has 0 amide bonds. The third-order valence-corrected chi connectivity index (χ3v) is 6.25. The average Bonchev–Trinajstić information content (AvgIpc) is 2.63. The van der Waals surface area contributed by atoms with Crippen molar-refractivity contribution in [3.05, 3.63) is 45.9 Å². The van der Waals surface area contributed by atoms with Gasteiger partial charge in [-0.15, -0.1) is 5.48 Å². The Bertz CT molecular complexity index is 564. The van der Waals surface area contributed by atoms with E-state index in [1.54, 1.807) is 11.8 Å². The zero-order chi connectivity index (χ0) is 18.9. The van der Waals surface area contributed by atoms with Crippen LogP contribution in [-0.2, 0) is 4.84 Å². The van der Waals surface area contributed by atoms with Crippen LogP contribution in [0.1, 0.15) is 59.8 Å². The molecule has 0 aromatic carbocycles.